The van der Waals surface area contributed by atoms with Crippen molar-refractivity contribution < 1.29 is 22.3 Å². The topological polar surface area (TPSA) is 84.5 Å². The SMILES string of the molecule is CCOc1ccccc1NC(=O)CNS(=O)(=O)c1ccc(F)c(C)c1. The highest BCUT2D eigenvalue weighted by molar-refractivity contribution is 7.89. The lowest BCUT2D eigenvalue weighted by atomic mass is 10.2. The van der Waals surface area contributed by atoms with E-state index in [4.69, 9.17) is 4.74 Å². The van der Waals surface area contributed by atoms with Gasteiger partial charge in [-0.15, -0.1) is 0 Å². The van der Waals surface area contributed by atoms with Gasteiger partial charge in [-0.1, -0.05) is 12.1 Å². The third kappa shape index (κ3) is 5.01. The molecule has 134 valence electrons. The summed E-state index contributed by atoms with van der Waals surface area (Å²) in [6.07, 6.45) is 0. The Morgan fingerprint density at radius 1 is 1.20 bits per heavy atom. The second-order valence-electron chi connectivity index (χ2n) is 5.21. The van der Waals surface area contributed by atoms with Gasteiger partial charge in [-0.05, 0) is 49.7 Å². The largest absolute Gasteiger partial charge is 0.492 e. The van der Waals surface area contributed by atoms with E-state index in [1.807, 2.05) is 6.92 Å². The van der Waals surface area contributed by atoms with Gasteiger partial charge in [-0.25, -0.2) is 17.5 Å². The van der Waals surface area contributed by atoms with Gasteiger partial charge < -0.3 is 10.1 Å². The van der Waals surface area contributed by atoms with Crippen molar-refractivity contribution in [1.29, 1.82) is 0 Å². The van der Waals surface area contributed by atoms with Crippen LogP contribution in [0.2, 0.25) is 0 Å². The van der Waals surface area contributed by atoms with Crippen LogP contribution in [0.5, 0.6) is 5.75 Å². The third-order valence-electron chi connectivity index (χ3n) is 3.32. The van der Waals surface area contributed by atoms with E-state index in [1.54, 1.807) is 24.3 Å². The molecule has 0 heterocycles. The average molecular weight is 366 g/mol. The zero-order valence-corrected chi connectivity index (χ0v) is 14.7. The second kappa shape index (κ2) is 8.09. The summed E-state index contributed by atoms with van der Waals surface area (Å²) in [5, 5.41) is 2.59. The summed E-state index contributed by atoms with van der Waals surface area (Å²) < 4.78 is 45.2. The summed E-state index contributed by atoms with van der Waals surface area (Å²) in [5.74, 6) is -0.547. The van der Waals surface area contributed by atoms with Crippen molar-refractivity contribution in [2.45, 2.75) is 18.7 Å². The zero-order valence-electron chi connectivity index (χ0n) is 13.9. The average Bonchev–Trinajstić information content (AvgIpc) is 2.57. The molecule has 8 heteroatoms. The molecular formula is C17H19FN2O4S. The van der Waals surface area contributed by atoms with E-state index in [0.717, 1.165) is 12.1 Å². The standard InChI is InChI=1S/C17H19FN2O4S/c1-3-24-16-7-5-4-6-15(16)20-17(21)11-19-25(22,23)13-8-9-14(18)12(2)10-13/h4-10,19H,3,11H2,1-2H3,(H,20,21). The van der Waals surface area contributed by atoms with Crippen LogP contribution < -0.4 is 14.8 Å². The fourth-order valence-corrected chi connectivity index (χ4v) is 3.14. The van der Waals surface area contributed by atoms with Crippen LogP contribution in [0.3, 0.4) is 0 Å². The Hall–Kier alpha value is -2.45. The molecule has 0 aliphatic carbocycles. The molecule has 2 aromatic carbocycles. The highest BCUT2D eigenvalue weighted by atomic mass is 32.2. The summed E-state index contributed by atoms with van der Waals surface area (Å²) in [6.45, 7) is 3.26. The first-order valence-electron chi connectivity index (χ1n) is 7.61. The van der Waals surface area contributed by atoms with Gasteiger partial charge in [0.1, 0.15) is 11.6 Å². The number of ether oxygens (including phenoxy) is 1. The predicted molar refractivity (Wildman–Crippen MR) is 92.6 cm³/mol. The van der Waals surface area contributed by atoms with Crippen LogP contribution in [-0.2, 0) is 14.8 Å². The first-order valence-corrected chi connectivity index (χ1v) is 9.09. The van der Waals surface area contributed by atoms with E-state index in [1.165, 1.54) is 13.0 Å². The number of para-hydroxylation sites is 2. The van der Waals surface area contributed by atoms with E-state index in [0.29, 0.717) is 18.0 Å². The third-order valence-corrected chi connectivity index (χ3v) is 4.72. The number of rotatable bonds is 7. The number of benzene rings is 2. The van der Waals surface area contributed by atoms with Crippen LogP contribution >= 0.6 is 0 Å². The molecule has 0 aliphatic heterocycles. The Morgan fingerprint density at radius 3 is 2.60 bits per heavy atom. The first-order chi connectivity index (χ1) is 11.8. The number of hydrogen-bond acceptors (Lipinski definition) is 4. The van der Waals surface area contributed by atoms with Crippen molar-refractivity contribution in [3.63, 3.8) is 0 Å². The maximum atomic E-state index is 13.3. The molecular weight excluding hydrogens is 347 g/mol. The number of amides is 1. The second-order valence-corrected chi connectivity index (χ2v) is 6.98. The normalized spacial score (nSPS) is 11.2. The van der Waals surface area contributed by atoms with E-state index in [-0.39, 0.29) is 10.5 Å². The maximum Gasteiger partial charge on any atom is 0.241 e. The van der Waals surface area contributed by atoms with Gasteiger partial charge in [0.05, 0.1) is 23.7 Å². The molecule has 1 amide bonds. The minimum absolute atomic E-state index is 0.103. The smallest absolute Gasteiger partial charge is 0.241 e. The van der Waals surface area contributed by atoms with Crippen LogP contribution in [0.25, 0.3) is 0 Å². The number of carbonyl (C=O) groups is 1. The molecule has 6 nitrogen and oxygen atoms in total. The molecule has 0 radical (unpaired) electrons. The molecule has 2 aromatic rings. The Labute approximate surface area is 146 Å². The molecule has 2 N–H and O–H groups in total. The summed E-state index contributed by atoms with van der Waals surface area (Å²) >= 11 is 0. The molecule has 0 unspecified atom stereocenters. The molecule has 0 fully saturated rings. The van der Waals surface area contributed by atoms with Crippen LogP contribution in [-0.4, -0.2) is 27.5 Å². The number of hydrogen-bond donors (Lipinski definition) is 2. The summed E-state index contributed by atoms with van der Waals surface area (Å²) in [5.41, 5.74) is 0.657. The summed E-state index contributed by atoms with van der Waals surface area (Å²) in [6, 6.07) is 10.3. The number of anilines is 1. The van der Waals surface area contributed by atoms with E-state index >= 15 is 0 Å². The number of nitrogens with one attached hydrogen (secondary N) is 2. The minimum Gasteiger partial charge on any atom is -0.492 e. The van der Waals surface area contributed by atoms with Gasteiger partial charge in [0, 0.05) is 0 Å². The summed E-state index contributed by atoms with van der Waals surface area (Å²) in [7, 11) is -3.92. The number of carbonyl (C=O) groups excluding carboxylic acids is 1. The number of sulfonamides is 1. The minimum atomic E-state index is -3.92. The molecule has 0 spiro atoms. The van der Waals surface area contributed by atoms with E-state index < -0.39 is 28.3 Å². The van der Waals surface area contributed by atoms with Crippen molar-refractivity contribution in [3.8, 4) is 5.75 Å². The molecule has 0 saturated heterocycles. The Morgan fingerprint density at radius 2 is 1.92 bits per heavy atom. The lowest BCUT2D eigenvalue weighted by Crippen LogP contribution is -2.33. The lowest BCUT2D eigenvalue weighted by Gasteiger charge is -2.12. The van der Waals surface area contributed by atoms with E-state index in [9.17, 15) is 17.6 Å². The van der Waals surface area contributed by atoms with Gasteiger partial charge in [-0.3, -0.25) is 4.79 Å². The van der Waals surface area contributed by atoms with Crippen LogP contribution in [0, 0.1) is 12.7 Å². The molecule has 0 bridgehead atoms. The highest BCUT2D eigenvalue weighted by Gasteiger charge is 2.17. The fourth-order valence-electron chi connectivity index (χ4n) is 2.07. The molecule has 0 atom stereocenters. The fraction of sp³-hybridized carbons (Fsp3) is 0.235. The quantitative estimate of drug-likeness (QED) is 0.788. The van der Waals surface area contributed by atoms with Crippen molar-refractivity contribution in [1.82, 2.24) is 4.72 Å². The molecule has 2 rings (SSSR count). The Bertz CT molecular complexity index is 869. The Balaban J connectivity index is 2.03. The molecule has 0 aliphatic rings. The van der Waals surface area contributed by atoms with Crippen molar-refractivity contribution in [2.75, 3.05) is 18.5 Å². The molecule has 0 aromatic heterocycles. The highest BCUT2D eigenvalue weighted by Crippen LogP contribution is 2.23. The van der Waals surface area contributed by atoms with Gasteiger partial charge in [0.15, 0.2) is 0 Å². The zero-order chi connectivity index (χ0) is 18.4. The lowest BCUT2D eigenvalue weighted by molar-refractivity contribution is -0.115. The summed E-state index contributed by atoms with van der Waals surface area (Å²) in [4.78, 5) is 11.9. The van der Waals surface area contributed by atoms with Gasteiger partial charge in [0.25, 0.3) is 0 Å². The monoisotopic (exact) mass is 366 g/mol. The van der Waals surface area contributed by atoms with Gasteiger partial charge in [0.2, 0.25) is 15.9 Å². The Kier molecular flexibility index (Phi) is 6.11. The van der Waals surface area contributed by atoms with Crippen molar-refractivity contribution in [3.05, 3.63) is 53.8 Å². The van der Waals surface area contributed by atoms with Crippen LogP contribution in [0.4, 0.5) is 10.1 Å². The first kappa shape index (κ1) is 18.9. The number of aryl methyl sites for hydroxylation is 1. The van der Waals surface area contributed by atoms with Crippen molar-refractivity contribution in [2.24, 2.45) is 0 Å². The van der Waals surface area contributed by atoms with E-state index in [2.05, 4.69) is 10.0 Å². The van der Waals surface area contributed by atoms with Crippen molar-refractivity contribution >= 4 is 21.6 Å². The van der Waals surface area contributed by atoms with Gasteiger partial charge in [-0.2, -0.15) is 0 Å². The van der Waals surface area contributed by atoms with Crippen LogP contribution in [0.15, 0.2) is 47.4 Å². The maximum absolute atomic E-state index is 13.3. The van der Waals surface area contributed by atoms with Gasteiger partial charge >= 0.3 is 0 Å². The molecule has 0 saturated carbocycles. The predicted octanol–water partition coefficient (Wildman–Crippen LogP) is 2.45. The van der Waals surface area contributed by atoms with Crippen LogP contribution in [0.1, 0.15) is 12.5 Å². The molecule has 25 heavy (non-hydrogen) atoms. The number of halogens is 1.